The SMILES string of the molecule is C=C(CC[C@@H](C)[C@H]1CCC2C3C(=O)C=C4C[C@@H](O)CC[C@]4(CO)C3CC[C@@]21C)C(C)C. The third kappa shape index (κ3) is 3.68. The predicted molar refractivity (Wildman–Crippen MR) is 125 cm³/mol. The summed E-state index contributed by atoms with van der Waals surface area (Å²) in [7, 11) is 0. The lowest BCUT2D eigenvalue weighted by molar-refractivity contribution is -0.138. The van der Waals surface area contributed by atoms with Crippen molar-refractivity contribution < 1.29 is 15.0 Å². The highest BCUT2D eigenvalue weighted by Gasteiger charge is 2.62. The Hall–Kier alpha value is -0.930. The molecule has 0 saturated heterocycles. The minimum Gasteiger partial charge on any atom is -0.395 e. The Morgan fingerprint density at radius 1 is 1.16 bits per heavy atom. The molecule has 4 aliphatic carbocycles. The van der Waals surface area contributed by atoms with Crippen LogP contribution in [0.5, 0.6) is 0 Å². The van der Waals surface area contributed by atoms with Crippen molar-refractivity contribution in [1.29, 1.82) is 0 Å². The number of hydrogen-bond donors (Lipinski definition) is 2. The van der Waals surface area contributed by atoms with Gasteiger partial charge >= 0.3 is 0 Å². The van der Waals surface area contributed by atoms with E-state index in [9.17, 15) is 15.0 Å². The Bertz CT molecular complexity index is 751. The fourth-order valence-corrected chi connectivity index (χ4v) is 8.37. The molecule has 3 nitrogen and oxygen atoms in total. The molecular formula is C28H44O3. The molecule has 0 bridgehead atoms. The van der Waals surface area contributed by atoms with Crippen molar-refractivity contribution in [2.24, 2.45) is 46.3 Å². The largest absolute Gasteiger partial charge is 0.395 e. The highest BCUT2D eigenvalue weighted by atomic mass is 16.3. The van der Waals surface area contributed by atoms with Crippen LogP contribution in [0.25, 0.3) is 0 Å². The van der Waals surface area contributed by atoms with Crippen molar-refractivity contribution >= 4 is 5.78 Å². The molecule has 4 aliphatic rings. The van der Waals surface area contributed by atoms with Gasteiger partial charge in [-0.05, 0) is 98.9 Å². The minimum absolute atomic E-state index is 0.0627. The molecule has 0 aromatic carbocycles. The first-order valence-corrected chi connectivity index (χ1v) is 12.9. The molecule has 0 aliphatic heterocycles. The molecule has 0 aromatic heterocycles. The zero-order valence-electron chi connectivity index (χ0n) is 20.2. The van der Waals surface area contributed by atoms with E-state index in [0.29, 0.717) is 30.1 Å². The van der Waals surface area contributed by atoms with Crippen LogP contribution in [0.15, 0.2) is 23.8 Å². The molecule has 0 aromatic rings. The topological polar surface area (TPSA) is 57.5 Å². The summed E-state index contributed by atoms with van der Waals surface area (Å²) in [4.78, 5) is 13.4. The summed E-state index contributed by atoms with van der Waals surface area (Å²) in [5.74, 6) is 2.93. The second-order valence-corrected chi connectivity index (χ2v) is 12.1. The van der Waals surface area contributed by atoms with Gasteiger partial charge in [0, 0.05) is 11.3 Å². The standard InChI is InChI=1S/C28H44O3/c1-17(2)18(3)6-7-19(4)22-8-9-23-26-24(11-12-27(22,23)5)28(16-29)13-10-21(30)14-20(28)15-25(26)31/h15,17,19,21-24,26,29-30H,3,6-14,16H2,1-2,4-5H3/t19-,21+,22-,23?,24?,26?,27-,28-/m1/s1. The second kappa shape index (κ2) is 8.45. The molecule has 4 rings (SSSR count). The van der Waals surface area contributed by atoms with E-state index >= 15 is 0 Å². The van der Waals surface area contributed by atoms with Gasteiger partial charge in [0.1, 0.15) is 0 Å². The number of aliphatic hydroxyl groups excluding tert-OH is 2. The van der Waals surface area contributed by atoms with Gasteiger partial charge in [0.25, 0.3) is 0 Å². The van der Waals surface area contributed by atoms with Gasteiger partial charge < -0.3 is 10.2 Å². The Balaban J connectivity index is 1.57. The first-order valence-electron chi connectivity index (χ1n) is 12.9. The molecule has 2 N–H and O–H groups in total. The molecule has 3 fully saturated rings. The number of carbonyl (C=O) groups excluding carboxylic acids is 1. The number of hydrogen-bond acceptors (Lipinski definition) is 3. The van der Waals surface area contributed by atoms with E-state index in [2.05, 4.69) is 34.3 Å². The fraction of sp³-hybridized carbons (Fsp3) is 0.821. The van der Waals surface area contributed by atoms with Crippen LogP contribution < -0.4 is 0 Å². The zero-order valence-corrected chi connectivity index (χ0v) is 20.2. The maximum absolute atomic E-state index is 13.4. The Labute approximate surface area is 189 Å². The molecule has 0 amide bonds. The summed E-state index contributed by atoms with van der Waals surface area (Å²) in [6.07, 6.45) is 10.5. The predicted octanol–water partition coefficient (Wildman–Crippen LogP) is 5.71. The van der Waals surface area contributed by atoms with Crippen LogP contribution in [0, 0.1) is 46.3 Å². The van der Waals surface area contributed by atoms with E-state index in [0.717, 1.165) is 37.7 Å². The van der Waals surface area contributed by atoms with Crippen LogP contribution in [0.3, 0.4) is 0 Å². The van der Waals surface area contributed by atoms with Gasteiger partial charge in [0.15, 0.2) is 5.78 Å². The zero-order chi connectivity index (χ0) is 22.6. The van der Waals surface area contributed by atoms with Crippen LogP contribution in [-0.4, -0.2) is 28.7 Å². The summed E-state index contributed by atoms with van der Waals surface area (Å²) in [6, 6.07) is 0. The summed E-state index contributed by atoms with van der Waals surface area (Å²) >= 11 is 0. The van der Waals surface area contributed by atoms with E-state index in [1.807, 2.05) is 6.08 Å². The smallest absolute Gasteiger partial charge is 0.159 e. The lowest BCUT2D eigenvalue weighted by Gasteiger charge is -2.58. The van der Waals surface area contributed by atoms with Gasteiger partial charge in [0.2, 0.25) is 0 Å². The molecule has 3 unspecified atom stereocenters. The van der Waals surface area contributed by atoms with Crippen molar-refractivity contribution in [1.82, 2.24) is 0 Å². The molecule has 31 heavy (non-hydrogen) atoms. The number of rotatable bonds is 6. The molecule has 0 radical (unpaired) electrons. The maximum Gasteiger partial charge on any atom is 0.159 e. The summed E-state index contributed by atoms with van der Waals surface area (Å²) in [6.45, 7) is 13.8. The fourth-order valence-electron chi connectivity index (χ4n) is 8.37. The van der Waals surface area contributed by atoms with Crippen LogP contribution in [0.2, 0.25) is 0 Å². The van der Waals surface area contributed by atoms with Gasteiger partial charge in [-0.3, -0.25) is 4.79 Å². The summed E-state index contributed by atoms with van der Waals surface area (Å²) in [5, 5.41) is 20.8. The highest BCUT2D eigenvalue weighted by Crippen LogP contribution is 2.66. The minimum atomic E-state index is -0.360. The number of aliphatic hydroxyl groups is 2. The van der Waals surface area contributed by atoms with Gasteiger partial charge in [-0.25, -0.2) is 0 Å². The molecular weight excluding hydrogens is 384 g/mol. The molecule has 3 saturated carbocycles. The maximum atomic E-state index is 13.4. The van der Waals surface area contributed by atoms with Crippen molar-refractivity contribution in [2.75, 3.05) is 6.61 Å². The lowest BCUT2D eigenvalue weighted by Crippen LogP contribution is -2.55. The van der Waals surface area contributed by atoms with E-state index in [1.54, 1.807) is 0 Å². The van der Waals surface area contributed by atoms with Crippen LogP contribution >= 0.6 is 0 Å². The first kappa shape index (κ1) is 23.2. The molecule has 0 heterocycles. The monoisotopic (exact) mass is 428 g/mol. The number of allylic oxidation sites excluding steroid dienone is 2. The normalized spacial score (nSPS) is 43.1. The van der Waals surface area contributed by atoms with Crippen LogP contribution in [-0.2, 0) is 4.79 Å². The van der Waals surface area contributed by atoms with Gasteiger partial charge in [0.05, 0.1) is 12.7 Å². The Kier molecular flexibility index (Phi) is 6.33. The average Bonchev–Trinajstić information content (AvgIpc) is 3.08. The quantitative estimate of drug-likeness (QED) is 0.533. The van der Waals surface area contributed by atoms with Gasteiger partial charge in [-0.15, -0.1) is 0 Å². The van der Waals surface area contributed by atoms with Crippen molar-refractivity contribution in [3.63, 3.8) is 0 Å². The second-order valence-electron chi connectivity index (χ2n) is 12.1. The molecule has 8 atom stereocenters. The lowest BCUT2D eigenvalue weighted by atomic mass is 9.46. The Morgan fingerprint density at radius 2 is 1.90 bits per heavy atom. The van der Waals surface area contributed by atoms with E-state index in [4.69, 9.17) is 0 Å². The summed E-state index contributed by atoms with van der Waals surface area (Å²) in [5.41, 5.74) is 2.36. The van der Waals surface area contributed by atoms with Crippen molar-refractivity contribution in [2.45, 2.75) is 91.6 Å². The number of ketones is 1. The van der Waals surface area contributed by atoms with Crippen molar-refractivity contribution in [3.05, 3.63) is 23.8 Å². The third-order valence-corrected chi connectivity index (χ3v) is 10.4. The summed E-state index contributed by atoms with van der Waals surface area (Å²) < 4.78 is 0. The highest BCUT2D eigenvalue weighted by molar-refractivity contribution is 5.94. The molecule has 174 valence electrons. The third-order valence-electron chi connectivity index (χ3n) is 10.4. The van der Waals surface area contributed by atoms with Crippen molar-refractivity contribution in [3.8, 4) is 0 Å². The Morgan fingerprint density at radius 3 is 2.58 bits per heavy atom. The first-order chi connectivity index (χ1) is 14.6. The number of carbonyl (C=O) groups is 1. The van der Waals surface area contributed by atoms with Gasteiger partial charge in [-0.2, -0.15) is 0 Å². The van der Waals surface area contributed by atoms with E-state index in [1.165, 1.54) is 24.8 Å². The van der Waals surface area contributed by atoms with Crippen LogP contribution in [0.4, 0.5) is 0 Å². The van der Waals surface area contributed by atoms with E-state index < -0.39 is 0 Å². The molecule has 0 spiro atoms. The van der Waals surface area contributed by atoms with Crippen LogP contribution in [0.1, 0.15) is 85.5 Å². The van der Waals surface area contributed by atoms with Gasteiger partial charge in [-0.1, -0.05) is 45.4 Å². The average molecular weight is 429 g/mol. The molecule has 3 heteroatoms. The van der Waals surface area contributed by atoms with E-state index in [-0.39, 0.29) is 41.2 Å². The number of fused-ring (bicyclic) bond motifs is 5.